The zero-order chi connectivity index (χ0) is 20.4. The highest BCUT2D eigenvalue weighted by Crippen LogP contribution is 2.41. The molecule has 0 radical (unpaired) electrons. The van der Waals surface area contributed by atoms with Gasteiger partial charge in [0.1, 0.15) is 0 Å². The fourth-order valence-electron chi connectivity index (χ4n) is 2.72. The topological polar surface area (TPSA) is 27.7 Å². The molecule has 1 fully saturated rings. The van der Waals surface area contributed by atoms with Crippen LogP contribution < -0.4 is 0 Å². The van der Waals surface area contributed by atoms with E-state index in [4.69, 9.17) is 13.6 Å². The molecule has 1 aliphatic rings. The lowest BCUT2D eigenvalue weighted by atomic mass is 10.1. The van der Waals surface area contributed by atoms with Gasteiger partial charge in [0.05, 0.1) is 18.3 Å². The summed E-state index contributed by atoms with van der Waals surface area (Å²) in [4.78, 5) is 0. The summed E-state index contributed by atoms with van der Waals surface area (Å²) in [5.74, 6) is 0. The summed E-state index contributed by atoms with van der Waals surface area (Å²) < 4.78 is 19.5. The molecule has 1 saturated heterocycles. The molecule has 3 nitrogen and oxygen atoms in total. The fourth-order valence-corrected chi connectivity index (χ4v) is 5.14. The predicted molar refractivity (Wildman–Crippen MR) is 118 cm³/mol. The standard InChI is InChI=1S/C21H44O3Si2/c1-12-13-17-16-19(24-26(10,11)21(5,6)7)18(23-17)14-15-22-25(8,9)20(2,3)4/h12,17-19H,1,13-16H2,2-11H3/t17-,18-,19+/m1/s1. The van der Waals surface area contributed by atoms with Crippen LogP contribution in [0.1, 0.15) is 60.8 Å². The van der Waals surface area contributed by atoms with Crippen LogP contribution in [-0.4, -0.2) is 41.6 Å². The van der Waals surface area contributed by atoms with Gasteiger partial charge in [-0.2, -0.15) is 0 Å². The highest BCUT2D eigenvalue weighted by atomic mass is 28.4. The van der Waals surface area contributed by atoms with Gasteiger partial charge in [0.25, 0.3) is 0 Å². The molecule has 0 aromatic heterocycles. The van der Waals surface area contributed by atoms with Crippen LogP contribution in [0.4, 0.5) is 0 Å². The molecule has 0 saturated carbocycles. The van der Waals surface area contributed by atoms with Crippen LogP contribution >= 0.6 is 0 Å². The van der Waals surface area contributed by atoms with Crippen LogP contribution in [0.15, 0.2) is 12.7 Å². The monoisotopic (exact) mass is 400 g/mol. The van der Waals surface area contributed by atoms with Crippen LogP contribution in [0.25, 0.3) is 0 Å². The third kappa shape index (κ3) is 6.30. The second kappa shape index (κ2) is 8.60. The van der Waals surface area contributed by atoms with Crippen molar-refractivity contribution in [3.63, 3.8) is 0 Å². The van der Waals surface area contributed by atoms with Crippen LogP contribution in [0.2, 0.25) is 36.3 Å². The van der Waals surface area contributed by atoms with E-state index in [0.29, 0.717) is 0 Å². The quantitative estimate of drug-likeness (QED) is 0.343. The first-order valence-electron chi connectivity index (χ1n) is 10.2. The highest BCUT2D eigenvalue weighted by Gasteiger charge is 2.44. The summed E-state index contributed by atoms with van der Waals surface area (Å²) in [5.41, 5.74) is 0. The number of ether oxygens (including phenoxy) is 1. The Labute approximate surface area is 165 Å². The first kappa shape index (κ1) is 24.1. The number of hydrogen-bond acceptors (Lipinski definition) is 3. The van der Waals surface area contributed by atoms with E-state index in [-0.39, 0.29) is 28.4 Å². The smallest absolute Gasteiger partial charge is 0.192 e. The summed E-state index contributed by atoms with van der Waals surface area (Å²) in [7, 11) is -3.52. The van der Waals surface area contributed by atoms with E-state index in [2.05, 4.69) is 74.3 Å². The second-order valence-corrected chi connectivity index (χ2v) is 20.4. The maximum absolute atomic E-state index is 6.74. The Hall–Kier alpha value is 0.0538. The van der Waals surface area contributed by atoms with E-state index in [1.54, 1.807) is 0 Å². The minimum atomic E-state index is -1.81. The van der Waals surface area contributed by atoms with E-state index in [1.807, 2.05) is 6.08 Å². The van der Waals surface area contributed by atoms with Crippen molar-refractivity contribution < 1.29 is 13.6 Å². The summed E-state index contributed by atoms with van der Waals surface area (Å²) in [6, 6.07) is 0. The third-order valence-corrected chi connectivity index (χ3v) is 15.7. The fraction of sp³-hybridized carbons (Fsp3) is 0.905. The van der Waals surface area contributed by atoms with E-state index in [1.165, 1.54) is 0 Å². The molecule has 0 aliphatic carbocycles. The SMILES string of the molecule is C=CC[C@@H]1C[C@H](O[Si](C)(C)C(C)(C)C)[C@@H](CCO[Si](C)(C)C(C)(C)C)O1. The lowest BCUT2D eigenvalue weighted by Gasteiger charge is -2.40. The van der Waals surface area contributed by atoms with Gasteiger partial charge in [0.15, 0.2) is 16.6 Å². The van der Waals surface area contributed by atoms with Crippen LogP contribution in [0.3, 0.4) is 0 Å². The maximum Gasteiger partial charge on any atom is 0.192 e. The first-order chi connectivity index (χ1) is 11.6. The Kier molecular flexibility index (Phi) is 7.97. The van der Waals surface area contributed by atoms with Gasteiger partial charge >= 0.3 is 0 Å². The van der Waals surface area contributed by atoms with Crippen molar-refractivity contribution in [3.8, 4) is 0 Å². The minimum absolute atomic E-state index is 0.138. The zero-order valence-electron chi connectivity index (χ0n) is 19.1. The van der Waals surface area contributed by atoms with E-state index in [0.717, 1.165) is 25.9 Å². The van der Waals surface area contributed by atoms with E-state index >= 15 is 0 Å². The van der Waals surface area contributed by atoms with Crippen LogP contribution in [0.5, 0.6) is 0 Å². The van der Waals surface area contributed by atoms with Crippen LogP contribution in [0, 0.1) is 0 Å². The van der Waals surface area contributed by atoms with Crippen molar-refractivity contribution in [1.29, 1.82) is 0 Å². The zero-order valence-corrected chi connectivity index (χ0v) is 21.1. The molecule has 0 bridgehead atoms. The third-order valence-electron chi connectivity index (χ3n) is 6.63. The Morgan fingerprint density at radius 1 is 1.00 bits per heavy atom. The largest absolute Gasteiger partial charge is 0.417 e. The molecule has 1 heterocycles. The van der Waals surface area contributed by atoms with Gasteiger partial charge in [-0.3, -0.25) is 0 Å². The molecule has 154 valence electrons. The van der Waals surface area contributed by atoms with Crippen molar-refractivity contribution in [3.05, 3.63) is 12.7 Å². The predicted octanol–water partition coefficient (Wildman–Crippen LogP) is 6.52. The van der Waals surface area contributed by atoms with E-state index < -0.39 is 16.6 Å². The summed E-state index contributed by atoms with van der Waals surface area (Å²) in [6.45, 7) is 27.7. The Bertz CT molecular complexity index is 461. The van der Waals surface area contributed by atoms with Crippen molar-refractivity contribution in [2.75, 3.05) is 6.61 Å². The molecule has 0 N–H and O–H groups in total. The molecule has 0 spiro atoms. The summed E-state index contributed by atoms with van der Waals surface area (Å²) in [5, 5.41) is 0.456. The maximum atomic E-state index is 6.74. The molecule has 0 unspecified atom stereocenters. The normalized spacial score (nSPS) is 25.5. The molecule has 26 heavy (non-hydrogen) atoms. The first-order valence-corrected chi connectivity index (χ1v) is 16.0. The second-order valence-electron chi connectivity index (χ2n) is 10.9. The Balaban J connectivity index is 2.74. The Morgan fingerprint density at radius 2 is 1.54 bits per heavy atom. The van der Waals surface area contributed by atoms with Gasteiger partial charge in [-0.1, -0.05) is 47.6 Å². The lowest BCUT2D eigenvalue weighted by molar-refractivity contribution is 0.00206. The number of rotatable bonds is 8. The summed E-state index contributed by atoms with van der Waals surface area (Å²) in [6.07, 6.45) is 5.31. The highest BCUT2D eigenvalue weighted by molar-refractivity contribution is 6.74. The van der Waals surface area contributed by atoms with Gasteiger partial charge in [0.2, 0.25) is 0 Å². The Morgan fingerprint density at radius 3 is 2.00 bits per heavy atom. The molecular formula is C21H44O3Si2. The lowest BCUT2D eigenvalue weighted by Crippen LogP contribution is -2.46. The van der Waals surface area contributed by atoms with Crippen molar-refractivity contribution >= 4 is 16.6 Å². The van der Waals surface area contributed by atoms with Crippen molar-refractivity contribution in [2.24, 2.45) is 0 Å². The summed E-state index contributed by atoms with van der Waals surface area (Å²) >= 11 is 0. The molecule has 1 aliphatic heterocycles. The average Bonchev–Trinajstić information content (AvgIpc) is 2.77. The molecule has 5 heteroatoms. The molecule has 0 aromatic rings. The molecule has 3 atom stereocenters. The molecular weight excluding hydrogens is 356 g/mol. The minimum Gasteiger partial charge on any atom is -0.417 e. The molecule has 1 rings (SSSR count). The van der Waals surface area contributed by atoms with Crippen molar-refractivity contribution in [2.45, 2.75) is 115 Å². The van der Waals surface area contributed by atoms with Crippen LogP contribution in [-0.2, 0) is 13.6 Å². The van der Waals surface area contributed by atoms with Gasteiger partial charge in [-0.05, 0) is 49.1 Å². The molecule has 0 amide bonds. The number of hydrogen-bond donors (Lipinski definition) is 0. The van der Waals surface area contributed by atoms with E-state index in [9.17, 15) is 0 Å². The van der Waals surface area contributed by atoms with Gasteiger partial charge in [0, 0.05) is 13.0 Å². The molecule has 0 aromatic carbocycles. The van der Waals surface area contributed by atoms with Gasteiger partial charge < -0.3 is 13.6 Å². The van der Waals surface area contributed by atoms with Gasteiger partial charge in [-0.25, -0.2) is 0 Å². The van der Waals surface area contributed by atoms with Crippen molar-refractivity contribution in [1.82, 2.24) is 0 Å². The van der Waals surface area contributed by atoms with Gasteiger partial charge in [-0.15, -0.1) is 6.58 Å². The average molecular weight is 401 g/mol.